The second kappa shape index (κ2) is 6.35. The number of para-hydroxylation sites is 1. The number of ether oxygens (including phenoxy) is 1. The van der Waals surface area contributed by atoms with E-state index in [1.165, 1.54) is 0 Å². The van der Waals surface area contributed by atoms with E-state index in [0.717, 1.165) is 37.1 Å². The van der Waals surface area contributed by atoms with Crippen LogP contribution in [0.3, 0.4) is 0 Å². The van der Waals surface area contributed by atoms with Gasteiger partial charge in [-0.15, -0.1) is 0 Å². The number of aromatic nitrogens is 2. The summed E-state index contributed by atoms with van der Waals surface area (Å²) in [6.07, 6.45) is 3.37. The first-order chi connectivity index (χ1) is 12.1. The van der Waals surface area contributed by atoms with Crippen LogP contribution in [0.15, 0.2) is 36.4 Å². The summed E-state index contributed by atoms with van der Waals surface area (Å²) in [6.45, 7) is 1.60. The van der Waals surface area contributed by atoms with Crippen LogP contribution in [0.25, 0.3) is 5.69 Å². The number of benzene rings is 1. The molecule has 2 aliphatic carbocycles. The second-order valence-corrected chi connectivity index (χ2v) is 6.81. The Morgan fingerprint density at radius 1 is 1.20 bits per heavy atom. The number of carbonyl (C=O) groups excluding carboxylic acids is 2. The molecule has 0 spiro atoms. The Morgan fingerprint density at radius 3 is 2.56 bits per heavy atom. The molecule has 0 unspecified atom stereocenters. The smallest absolute Gasteiger partial charge is 0.357 e. The zero-order valence-electron chi connectivity index (χ0n) is 14.1. The summed E-state index contributed by atoms with van der Waals surface area (Å²) < 4.78 is 7.00. The maximum absolute atomic E-state index is 12.6. The van der Waals surface area contributed by atoms with Crippen molar-refractivity contribution in [1.29, 1.82) is 0 Å². The summed E-state index contributed by atoms with van der Waals surface area (Å²) in [7, 11) is 0. The molecule has 6 heteroatoms. The lowest BCUT2D eigenvalue weighted by Gasteiger charge is -2.13. The van der Waals surface area contributed by atoms with E-state index in [4.69, 9.17) is 4.74 Å². The van der Waals surface area contributed by atoms with Gasteiger partial charge in [0, 0.05) is 12.0 Å². The van der Waals surface area contributed by atoms with Gasteiger partial charge >= 0.3 is 5.97 Å². The highest BCUT2D eigenvalue weighted by molar-refractivity contribution is 5.91. The van der Waals surface area contributed by atoms with Gasteiger partial charge in [-0.1, -0.05) is 18.2 Å². The zero-order valence-corrected chi connectivity index (χ0v) is 14.1. The van der Waals surface area contributed by atoms with Crippen molar-refractivity contribution < 1.29 is 14.3 Å². The summed E-state index contributed by atoms with van der Waals surface area (Å²) in [6, 6.07) is 11.5. The van der Waals surface area contributed by atoms with E-state index in [1.54, 1.807) is 17.7 Å². The molecule has 0 radical (unpaired) electrons. The van der Waals surface area contributed by atoms with Gasteiger partial charge in [0.2, 0.25) is 0 Å². The van der Waals surface area contributed by atoms with Crippen LogP contribution in [0.5, 0.6) is 0 Å². The number of esters is 1. The highest BCUT2D eigenvalue weighted by atomic mass is 16.5. The maximum Gasteiger partial charge on any atom is 0.357 e. The van der Waals surface area contributed by atoms with Crippen molar-refractivity contribution >= 4 is 11.9 Å². The van der Waals surface area contributed by atoms with Crippen molar-refractivity contribution in [2.24, 2.45) is 0 Å². The average Bonchev–Trinajstić information content (AvgIpc) is 3.55. The Kier molecular flexibility index (Phi) is 4.03. The van der Waals surface area contributed by atoms with Crippen molar-refractivity contribution in [2.45, 2.75) is 50.7 Å². The number of rotatable bonds is 6. The van der Waals surface area contributed by atoms with Gasteiger partial charge in [-0.3, -0.25) is 4.79 Å². The first kappa shape index (κ1) is 15.9. The Morgan fingerprint density at radius 2 is 1.92 bits per heavy atom. The van der Waals surface area contributed by atoms with Gasteiger partial charge in [-0.05, 0) is 50.8 Å². The molecule has 1 atom stereocenters. The van der Waals surface area contributed by atoms with Crippen LogP contribution in [-0.2, 0) is 9.53 Å². The van der Waals surface area contributed by atoms with Gasteiger partial charge < -0.3 is 10.1 Å². The molecular weight excluding hydrogens is 318 g/mol. The maximum atomic E-state index is 12.6. The molecule has 2 aromatic rings. The molecule has 1 aromatic heterocycles. The summed E-state index contributed by atoms with van der Waals surface area (Å²) >= 11 is 0. The highest BCUT2D eigenvalue weighted by Gasteiger charge is 2.31. The molecule has 1 heterocycles. The minimum atomic E-state index is -0.823. The van der Waals surface area contributed by atoms with E-state index in [9.17, 15) is 9.59 Å². The van der Waals surface area contributed by atoms with Crippen LogP contribution < -0.4 is 5.32 Å². The molecule has 0 saturated heterocycles. The molecule has 2 fully saturated rings. The monoisotopic (exact) mass is 339 g/mol. The number of hydrogen-bond donors (Lipinski definition) is 1. The predicted molar refractivity (Wildman–Crippen MR) is 91.6 cm³/mol. The van der Waals surface area contributed by atoms with Gasteiger partial charge in [-0.2, -0.15) is 5.10 Å². The lowest BCUT2D eigenvalue weighted by atomic mass is 10.2. The molecule has 130 valence electrons. The second-order valence-electron chi connectivity index (χ2n) is 6.81. The van der Waals surface area contributed by atoms with Gasteiger partial charge in [0.15, 0.2) is 11.8 Å². The van der Waals surface area contributed by atoms with E-state index in [2.05, 4.69) is 10.4 Å². The van der Waals surface area contributed by atoms with E-state index in [0.29, 0.717) is 11.6 Å². The van der Waals surface area contributed by atoms with Crippen LogP contribution in [0.1, 0.15) is 54.7 Å². The molecule has 4 rings (SSSR count). The molecule has 25 heavy (non-hydrogen) atoms. The van der Waals surface area contributed by atoms with Crippen molar-refractivity contribution in [1.82, 2.24) is 15.1 Å². The van der Waals surface area contributed by atoms with Crippen LogP contribution >= 0.6 is 0 Å². The fraction of sp³-hybridized carbons (Fsp3) is 0.421. The molecule has 0 bridgehead atoms. The molecular formula is C19H21N3O3. The molecule has 1 N–H and O–H groups in total. The minimum absolute atomic E-state index is 0.241. The Labute approximate surface area is 146 Å². The number of nitrogens with zero attached hydrogens (tertiary/aromatic N) is 2. The van der Waals surface area contributed by atoms with Gasteiger partial charge in [0.1, 0.15) is 0 Å². The predicted octanol–water partition coefficient (Wildman–Crippen LogP) is 2.57. The standard InChI is InChI=1S/C19H21N3O3/c1-12(18(23)20-14-9-10-14)25-19(24)17-11-16(13-7-8-13)21-22(17)15-5-3-2-4-6-15/h2-6,11-14H,7-10H2,1H3,(H,20,23)/t12-/m0/s1. The quantitative estimate of drug-likeness (QED) is 0.821. The summed E-state index contributed by atoms with van der Waals surface area (Å²) in [5.74, 6) is -0.349. The van der Waals surface area contributed by atoms with Crippen LogP contribution in [0, 0.1) is 0 Å². The SMILES string of the molecule is C[C@H](OC(=O)c1cc(C2CC2)nn1-c1ccccc1)C(=O)NC1CC1. The Balaban J connectivity index is 1.55. The van der Waals surface area contributed by atoms with Gasteiger partial charge in [-0.25, -0.2) is 9.48 Å². The van der Waals surface area contributed by atoms with Gasteiger partial charge in [0.25, 0.3) is 5.91 Å². The van der Waals surface area contributed by atoms with E-state index < -0.39 is 12.1 Å². The first-order valence-corrected chi connectivity index (χ1v) is 8.78. The number of nitrogens with one attached hydrogen (secondary N) is 1. The third kappa shape index (κ3) is 3.57. The molecule has 1 amide bonds. The number of amides is 1. The highest BCUT2D eigenvalue weighted by Crippen LogP contribution is 2.39. The average molecular weight is 339 g/mol. The summed E-state index contributed by atoms with van der Waals surface area (Å²) in [5.41, 5.74) is 2.07. The van der Waals surface area contributed by atoms with E-state index >= 15 is 0 Å². The van der Waals surface area contributed by atoms with E-state index in [1.807, 2.05) is 30.3 Å². The Bertz CT molecular complexity index is 792. The molecule has 6 nitrogen and oxygen atoms in total. The first-order valence-electron chi connectivity index (χ1n) is 8.78. The topological polar surface area (TPSA) is 73.2 Å². The number of hydrogen-bond acceptors (Lipinski definition) is 4. The van der Waals surface area contributed by atoms with Crippen LogP contribution in [-0.4, -0.2) is 33.8 Å². The van der Waals surface area contributed by atoms with Crippen LogP contribution in [0.4, 0.5) is 0 Å². The lowest BCUT2D eigenvalue weighted by Crippen LogP contribution is -2.37. The van der Waals surface area contributed by atoms with Crippen LogP contribution in [0.2, 0.25) is 0 Å². The normalized spacial score (nSPS) is 17.8. The Hall–Kier alpha value is -2.63. The third-order valence-corrected chi connectivity index (χ3v) is 4.51. The zero-order chi connectivity index (χ0) is 17.4. The van der Waals surface area contributed by atoms with Crippen molar-refractivity contribution in [2.75, 3.05) is 0 Å². The largest absolute Gasteiger partial charge is 0.448 e. The lowest BCUT2D eigenvalue weighted by molar-refractivity contribution is -0.129. The van der Waals surface area contributed by atoms with Gasteiger partial charge in [0.05, 0.1) is 11.4 Å². The fourth-order valence-electron chi connectivity index (χ4n) is 2.71. The fourth-order valence-corrected chi connectivity index (χ4v) is 2.71. The van der Waals surface area contributed by atoms with E-state index in [-0.39, 0.29) is 11.9 Å². The number of carbonyl (C=O) groups is 2. The summed E-state index contributed by atoms with van der Waals surface area (Å²) in [5, 5.41) is 7.44. The molecule has 0 aliphatic heterocycles. The van der Waals surface area contributed by atoms with Crippen molar-refractivity contribution in [3.63, 3.8) is 0 Å². The van der Waals surface area contributed by atoms with Crippen molar-refractivity contribution in [3.05, 3.63) is 47.8 Å². The third-order valence-electron chi connectivity index (χ3n) is 4.51. The minimum Gasteiger partial charge on any atom is -0.448 e. The molecule has 1 aromatic carbocycles. The van der Waals surface area contributed by atoms with Crippen molar-refractivity contribution in [3.8, 4) is 5.69 Å². The summed E-state index contributed by atoms with van der Waals surface area (Å²) in [4.78, 5) is 24.7. The molecule has 2 saturated carbocycles. The molecule has 2 aliphatic rings.